The number of halogens is 1. The fourth-order valence-electron chi connectivity index (χ4n) is 6.02. The summed E-state index contributed by atoms with van der Waals surface area (Å²) in [6.07, 6.45) is 5.30. The Labute approximate surface area is 157 Å². The van der Waals surface area contributed by atoms with Gasteiger partial charge in [0.2, 0.25) is 0 Å². The molecular weight excluding hydrogens is 334 g/mol. The number of benzene rings is 1. The number of nitrogens with zero attached hydrogens (tertiary/aromatic N) is 1. The topological polar surface area (TPSA) is 29.5 Å². The number of piperidine rings is 2. The van der Waals surface area contributed by atoms with E-state index in [0.717, 1.165) is 0 Å². The Hall–Kier alpha value is -1.06. The van der Waals surface area contributed by atoms with Gasteiger partial charge in [-0.05, 0) is 49.8 Å². The normalized spacial score (nSPS) is 35.6. The lowest BCUT2D eigenvalue weighted by Crippen LogP contribution is -2.68. The van der Waals surface area contributed by atoms with Crippen LogP contribution in [-0.2, 0) is 21.4 Å². The van der Waals surface area contributed by atoms with Gasteiger partial charge in [0.1, 0.15) is 0 Å². The van der Waals surface area contributed by atoms with Crippen LogP contribution in [0, 0.1) is 11.8 Å². The van der Waals surface area contributed by atoms with Crippen LogP contribution in [0.15, 0.2) is 24.3 Å². The van der Waals surface area contributed by atoms with Crippen molar-refractivity contribution >= 4 is 18.4 Å². The van der Waals surface area contributed by atoms with Crippen LogP contribution in [0.4, 0.5) is 0 Å². The van der Waals surface area contributed by atoms with E-state index < -0.39 is 0 Å². The SMILES string of the molecule is CCC(=O)OCC1CC2C3Cc4ccccc4[C@]2(CC)CC1N3C.Cl. The van der Waals surface area contributed by atoms with Crippen LogP contribution in [0.2, 0.25) is 0 Å². The molecule has 3 fully saturated rings. The molecule has 1 aromatic carbocycles. The summed E-state index contributed by atoms with van der Waals surface area (Å²) < 4.78 is 5.52. The van der Waals surface area contributed by atoms with E-state index in [1.165, 1.54) is 25.7 Å². The Balaban J connectivity index is 0.00000182. The van der Waals surface area contributed by atoms with Crippen molar-refractivity contribution in [1.29, 1.82) is 0 Å². The standard InChI is InChI=1S/C21H29NO2.ClH/c1-4-20(23)24-13-15-10-17-18-11-14-8-6-7-9-16(14)21(17,5-2)12-19(15)22(18)3;/h6-9,15,17-19H,4-5,10-13H2,1-3H3;1H/t15?,17?,18?,19?,21-;/m0./s1. The Morgan fingerprint density at radius 3 is 2.76 bits per heavy atom. The fourth-order valence-corrected chi connectivity index (χ4v) is 6.02. The first-order chi connectivity index (χ1) is 11.6. The summed E-state index contributed by atoms with van der Waals surface area (Å²) in [5, 5.41) is 0. The van der Waals surface area contributed by atoms with Gasteiger partial charge < -0.3 is 4.74 Å². The average molecular weight is 364 g/mol. The maximum Gasteiger partial charge on any atom is 0.305 e. The van der Waals surface area contributed by atoms with Crippen LogP contribution < -0.4 is 0 Å². The molecule has 4 heteroatoms. The summed E-state index contributed by atoms with van der Waals surface area (Å²) in [6, 6.07) is 10.3. The molecule has 0 spiro atoms. The highest BCUT2D eigenvalue weighted by molar-refractivity contribution is 5.85. The largest absolute Gasteiger partial charge is 0.465 e. The summed E-state index contributed by atoms with van der Waals surface area (Å²) in [5.74, 6) is 1.13. The van der Waals surface area contributed by atoms with E-state index in [4.69, 9.17) is 4.74 Å². The zero-order valence-electron chi connectivity index (χ0n) is 15.5. The summed E-state index contributed by atoms with van der Waals surface area (Å²) >= 11 is 0. The maximum absolute atomic E-state index is 11.6. The van der Waals surface area contributed by atoms with Gasteiger partial charge in [-0.15, -0.1) is 12.4 Å². The van der Waals surface area contributed by atoms with E-state index in [-0.39, 0.29) is 18.4 Å². The van der Waals surface area contributed by atoms with Crippen molar-refractivity contribution in [3.8, 4) is 0 Å². The minimum absolute atomic E-state index is 0. The summed E-state index contributed by atoms with van der Waals surface area (Å²) in [7, 11) is 2.30. The van der Waals surface area contributed by atoms with E-state index in [9.17, 15) is 4.79 Å². The van der Waals surface area contributed by atoms with Gasteiger partial charge in [0, 0.05) is 29.8 Å². The van der Waals surface area contributed by atoms with Gasteiger partial charge in [0.05, 0.1) is 6.61 Å². The molecule has 2 heterocycles. The molecule has 2 aliphatic carbocycles. The Bertz CT molecular complexity index is 649. The fraction of sp³-hybridized carbons (Fsp3) is 0.667. The van der Waals surface area contributed by atoms with Crippen LogP contribution in [0.5, 0.6) is 0 Å². The van der Waals surface area contributed by atoms with Crippen molar-refractivity contribution in [3.05, 3.63) is 35.4 Å². The molecule has 0 amide bonds. The number of fused-ring (bicyclic) bond motifs is 2. The lowest BCUT2D eigenvalue weighted by molar-refractivity contribution is -0.152. The number of esters is 1. The van der Waals surface area contributed by atoms with Gasteiger partial charge in [-0.25, -0.2) is 0 Å². The van der Waals surface area contributed by atoms with Crippen LogP contribution in [0.25, 0.3) is 0 Å². The molecule has 4 aliphatic rings. The molecule has 3 nitrogen and oxygen atoms in total. The number of hydrogen-bond donors (Lipinski definition) is 0. The predicted molar refractivity (Wildman–Crippen MR) is 102 cm³/mol. The number of hydrogen-bond acceptors (Lipinski definition) is 3. The Morgan fingerprint density at radius 2 is 2.04 bits per heavy atom. The smallest absolute Gasteiger partial charge is 0.305 e. The van der Waals surface area contributed by atoms with Crippen molar-refractivity contribution in [3.63, 3.8) is 0 Å². The first-order valence-electron chi connectivity index (χ1n) is 9.56. The molecule has 5 rings (SSSR count). The average Bonchev–Trinajstić information content (AvgIpc) is 2.62. The number of carbonyl (C=O) groups is 1. The summed E-state index contributed by atoms with van der Waals surface area (Å²) in [5.41, 5.74) is 3.50. The second-order valence-electron chi connectivity index (χ2n) is 8.01. The van der Waals surface area contributed by atoms with E-state index >= 15 is 0 Å². The highest BCUT2D eigenvalue weighted by atomic mass is 35.5. The number of ether oxygens (including phenoxy) is 1. The molecular formula is C21H30ClNO2. The van der Waals surface area contributed by atoms with Gasteiger partial charge in [-0.3, -0.25) is 9.69 Å². The minimum Gasteiger partial charge on any atom is -0.465 e. The van der Waals surface area contributed by atoms with Gasteiger partial charge in [0.25, 0.3) is 0 Å². The maximum atomic E-state index is 11.6. The molecule has 2 aliphatic heterocycles. The van der Waals surface area contributed by atoms with E-state index in [1.807, 2.05) is 6.92 Å². The summed E-state index contributed by atoms with van der Waals surface area (Å²) in [4.78, 5) is 14.2. The second kappa shape index (κ2) is 6.92. The molecule has 138 valence electrons. The van der Waals surface area contributed by atoms with Gasteiger partial charge in [0.15, 0.2) is 0 Å². The lowest BCUT2D eigenvalue weighted by atomic mass is 9.48. The zero-order valence-corrected chi connectivity index (χ0v) is 16.3. The van der Waals surface area contributed by atoms with Crippen molar-refractivity contribution in [2.75, 3.05) is 13.7 Å². The summed E-state index contributed by atoms with van der Waals surface area (Å²) in [6.45, 7) is 4.84. The molecule has 1 saturated carbocycles. The van der Waals surface area contributed by atoms with Crippen LogP contribution >= 0.6 is 12.4 Å². The third-order valence-electron chi connectivity index (χ3n) is 7.26. The second-order valence-corrected chi connectivity index (χ2v) is 8.01. The van der Waals surface area contributed by atoms with Crippen LogP contribution in [0.1, 0.15) is 50.7 Å². The van der Waals surface area contributed by atoms with Crippen molar-refractivity contribution in [1.82, 2.24) is 4.90 Å². The molecule has 5 atom stereocenters. The van der Waals surface area contributed by atoms with Gasteiger partial charge in [-0.1, -0.05) is 38.1 Å². The minimum atomic E-state index is -0.0603. The highest BCUT2D eigenvalue weighted by Crippen LogP contribution is 2.59. The van der Waals surface area contributed by atoms with Gasteiger partial charge in [-0.2, -0.15) is 0 Å². The molecule has 1 aromatic rings. The molecule has 0 aromatic heterocycles. The quantitative estimate of drug-likeness (QED) is 0.758. The lowest BCUT2D eigenvalue weighted by Gasteiger charge is -2.65. The molecule has 0 N–H and O–H groups in total. The first-order valence-corrected chi connectivity index (χ1v) is 9.56. The third kappa shape index (κ3) is 2.71. The number of carbonyl (C=O) groups excluding carboxylic acids is 1. The first kappa shape index (κ1) is 18.7. The number of rotatable bonds is 4. The molecule has 25 heavy (non-hydrogen) atoms. The Kier molecular flexibility index (Phi) is 5.18. The van der Waals surface area contributed by atoms with Crippen molar-refractivity contribution < 1.29 is 9.53 Å². The predicted octanol–water partition coefficient (Wildman–Crippen LogP) is 3.97. The molecule has 4 bridgehead atoms. The van der Waals surface area contributed by atoms with Gasteiger partial charge >= 0.3 is 5.97 Å². The number of likely N-dealkylation sites (N-methyl/N-ethyl adjacent to an activating group) is 1. The van der Waals surface area contributed by atoms with Crippen LogP contribution in [0.3, 0.4) is 0 Å². The third-order valence-corrected chi connectivity index (χ3v) is 7.26. The molecule has 0 radical (unpaired) electrons. The van der Waals surface area contributed by atoms with Crippen molar-refractivity contribution in [2.45, 2.75) is 63.5 Å². The Morgan fingerprint density at radius 1 is 1.28 bits per heavy atom. The molecule has 2 saturated heterocycles. The van der Waals surface area contributed by atoms with E-state index in [1.54, 1.807) is 11.1 Å². The van der Waals surface area contributed by atoms with E-state index in [0.29, 0.717) is 42.4 Å². The molecule has 4 unspecified atom stereocenters. The highest BCUT2D eigenvalue weighted by Gasteiger charge is 2.59. The monoisotopic (exact) mass is 363 g/mol. The van der Waals surface area contributed by atoms with Crippen LogP contribution in [-0.4, -0.2) is 36.6 Å². The zero-order chi connectivity index (χ0) is 16.9. The van der Waals surface area contributed by atoms with Crippen molar-refractivity contribution in [2.24, 2.45) is 11.8 Å². The van der Waals surface area contributed by atoms with E-state index in [2.05, 4.69) is 43.1 Å².